The third-order valence-corrected chi connectivity index (χ3v) is 3.81. The molecule has 0 aliphatic carbocycles. The highest BCUT2D eigenvalue weighted by Gasteiger charge is 2.29. The summed E-state index contributed by atoms with van der Waals surface area (Å²) in [7, 11) is 0. The average molecular weight is 340 g/mol. The van der Waals surface area contributed by atoms with Crippen molar-refractivity contribution < 1.29 is 9.59 Å². The van der Waals surface area contributed by atoms with Crippen LogP contribution in [0.25, 0.3) is 0 Å². The number of nitrogens with one attached hydrogen (secondary N) is 2. The summed E-state index contributed by atoms with van der Waals surface area (Å²) in [6.45, 7) is 0.303. The Labute approximate surface area is 135 Å². The molecule has 0 radical (unpaired) electrons. The first-order chi connectivity index (χ1) is 10.5. The van der Waals surface area contributed by atoms with E-state index in [2.05, 4.69) is 20.7 Å². The molecule has 0 saturated heterocycles. The molecule has 1 aliphatic rings. The van der Waals surface area contributed by atoms with Crippen LogP contribution in [0.15, 0.2) is 24.5 Å². The second-order valence-corrected chi connectivity index (χ2v) is 5.67. The average Bonchev–Trinajstić information content (AvgIpc) is 2.90. The Kier molecular flexibility index (Phi) is 4.00. The number of fused-ring (bicyclic) bond motifs is 1. The molecular weight excluding hydrogens is 329 g/mol. The van der Waals surface area contributed by atoms with Crippen molar-refractivity contribution in [1.82, 2.24) is 14.8 Å². The lowest BCUT2D eigenvalue weighted by Gasteiger charge is -2.21. The molecule has 2 heterocycles. The van der Waals surface area contributed by atoms with Crippen molar-refractivity contribution >= 4 is 46.7 Å². The molecule has 3 rings (SSSR count). The van der Waals surface area contributed by atoms with Crippen LogP contribution in [0.5, 0.6) is 0 Å². The molecule has 0 spiro atoms. The summed E-state index contributed by atoms with van der Waals surface area (Å²) >= 11 is 11.9. The number of halogens is 2. The molecule has 0 bridgehead atoms. The summed E-state index contributed by atoms with van der Waals surface area (Å²) in [5, 5.41) is 10.1. The summed E-state index contributed by atoms with van der Waals surface area (Å²) in [4.78, 5) is 27.9. The van der Waals surface area contributed by atoms with E-state index in [0.717, 1.165) is 0 Å². The van der Waals surface area contributed by atoms with Crippen LogP contribution in [0.4, 0.5) is 11.6 Å². The Hall–Kier alpha value is -2.12. The van der Waals surface area contributed by atoms with E-state index in [0.29, 0.717) is 28.2 Å². The van der Waals surface area contributed by atoms with Gasteiger partial charge in [-0.15, -0.1) is 0 Å². The van der Waals surface area contributed by atoms with Gasteiger partial charge in [0.05, 0.1) is 23.2 Å². The first kappa shape index (κ1) is 14.8. The summed E-state index contributed by atoms with van der Waals surface area (Å²) in [6, 6.07) is 4.77. The largest absolute Gasteiger partial charge is 0.325 e. The first-order valence-electron chi connectivity index (χ1n) is 6.46. The number of hydrogen-bond donors (Lipinski definition) is 2. The highest BCUT2D eigenvalue weighted by Crippen LogP contribution is 2.26. The van der Waals surface area contributed by atoms with Gasteiger partial charge in [0, 0.05) is 11.4 Å². The van der Waals surface area contributed by atoms with Crippen molar-refractivity contribution in [3.05, 3.63) is 34.6 Å². The number of amides is 2. The van der Waals surface area contributed by atoms with E-state index in [-0.39, 0.29) is 18.2 Å². The van der Waals surface area contributed by atoms with Gasteiger partial charge in [0.1, 0.15) is 6.33 Å². The van der Waals surface area contributed by atoms with E-state index < -0.39 is 5.92 Å². The van der Waals surface area contributed by atoms with Gasteiger partial charge < -0.3 is 5.32 Å². The van der Waals surface area contributed by atoms with E-state index in [4.69, 9.17) is 23.2 Å². The molecule has 7 nitrogen and oxygen atoms in total. The van der Waals surface area contributed by atoms with Gasteiger partial charge in [-0.25, -0.2) is 4.68 Å². The van der Waals surface area contributed by atoms with E-state index >= 15 is 0 Å². The summed E-state index contributed by atoms with van der Waals surface area (Å²) in [6.07, 6.45) is 1.36. The van der Waals surface area contributed by atoms with E-state index in [1.54, 1.807) is 22.9 Å². The van der Waals surface area contributed by atoms with Crippen LogP contribution in [-0.2, 0) is 16.1 Å². The van der Waals surface area contributed by atoms with Crippen LogP contribution in [0.2, 0.25) is 10.0 Å². The third kappa shape index (κ3) is 3.05. The normalized spacial score (nSPS) is 16.8. The molecule has 1 atom stereocenters. The number of carbonyl (C=O) groups is 2. The van der Waals surface area contributed by atoms with Crippen molar-refractivity contribution in [2.75, 3.05) is 10.6 Å². The third-order valence-electron chi connectivity index (χ3n) is 3.25. The summed E-state index contributed by atoms with van der Waals surface area (Å²) < 4.78 is 1.55. The topological polar surface area (TPSA) is 88.9 Å². The minimum atomic E-state index is -0.521. The van der Waals surface area contributed by atoms with Crippen molar-refractivity contribution in [1.29, 1.82) is 0 Å². The maximum Gasteiger partial charge on any atom is 0.232 e. The number of benzene rings is 1. The quantitative estimate of drug-likeness (QED) is 0.896. The van der Waals surface area contributed by atoms with E-state index in [1.807, 2.05) is 0 Å². The Morgan fingerprint density at radius 3 is 3.09 bits per heavy atom. The van der Waals surface area contributed by atoms with Crippen molar-refractivity contribution in [3.8, 4) is 0 Å². The zero-order valence-electron chi connectivity index (χ0n) is 11.2. The fourth-order valence-electron chi connectivity index (χ4n) is 2.17. The Bertz CT molecular complexity index is 746. The lowest BCUT2D eigenvalue weighted by Crippen LogP contribution is -2.36. The predicted molar refractivity (Wildman–Crippen MR) is 81.9 cm³/mol. The van der Waals surface area contributed by atoms with Crippen LogP contribution in [-0.4, -0.2) is 26.6 Å². The second kappa shape index (κ2) is 5.94. The van der Waals surface area contributed by atoms with Crippen LogP contribution in [0, 0.1) is 5.92 Å². The predicted octanol–water partition coefficient (Wildman–Crippen LogP) is 2.18. The van der Waals surface area contributed by atoms with Crippen molar-refractivity contribution in [2.24, 2.45) is 5.92 Å². The minimum absolute atomic E-state index is 0.00791. The SMILES string of the molecule is O=C(C[C@H]1Cn2ncnc2NC1=O)Nc1cc(Cl)ccc1Cl. The van der Waals surface area contributed by atoms with Gasteiger partial charge in [0.2, 0.25) is 17.8 Å². The first-order valence-corrected chi connectivity index (χ1v) is 7.22. The lowest BCUT2D eigenvalue weighted by atomic mass is 10.0. The lowest BCUT2D eigenvalue weighted by molar-refractivity contribution is -0.125. The highest BCUT2D eigenvalue weighted by atomic mass is 35.5. The number of carbonyl (C=O) groups excluding carboxylic acids is 2. The van der Waals surface area contributed by atoms with Crippen molar-refractivity contribution in [3.63, 3.8) is 0 Å². The Morgan fingerprint density at radius 2 is 2.27 bits per heavy atom. The Morgan fingerprint density at radius 1 is 1.45 bits per heavy atom. The van der Waals surface area contributed by atoms with Gasteiger partial charge in [-0.3, -0.25) is 14.9 Å². The fraction of sp³-hybridized carbons (Fsp3) is 0.231. The van der Waals surface area contributed by atoms with Gasteiger partial charge in [0.25, 0.3) is 0 Å². The fourth-order valence-corrected chi connectivity index (χ4v) is 2.51. The van der Waals surface area contributed by atoms with Crippen molar-refractivity contribution in [2.45, 2.75) is 13.0 Å². The van der Waals surface area contributed by atoms with E-state index in [1.165, 1.54) is 6.33 Å². The summed E-state index contributed by atoms with van der Waals surface area (Å²) in [5.41, 5.74) is 0.414. The van der Waals surface area contributed by atoms with Gasteiger partial charge in [-0.2, -0.15) is 10.1 Å². The molecule has 1 aromatic carbocycles. The molecule has 114 valence electrons. The molecule has 2 N–H and O–H groups in total. The molecule has 1 aliphatic heterocycles. The van der Waals surface area contributed by atoms with E-state index in [9.17, 15) is 9.59 Å². The van der Waals surface area contributed by atoms with Crippen LogP contribution in [0.3, 0.4) is 0 Å². The minimum Gasteiger partial charge on any atom is -0.325 e. The monoisotopic (exact) mass is 339 g/mol. The Balaban J connectivity index is 1.67. The highest BCUT2D eigenvalue weighted by molar-refractivity contribution is 6.35. The zero-order valence-corrected chi connectivity index (χ0v) is 12.7. The maximum absolute atomic E-state index is 12.1. The number of rotatable bonds is 3. The molecule has 22 heavy (non-hydrogen) atoms. The molecule has 0 fully saturated rings. The number of nitrogens with zero attached hydrogens (tertiary/aromatic N) is 3. The molecule has 9 heteroatoms. The molecular formula is C13H11Cl2N5O2. The molecule has 1 aromatic heterocycles. The number of hydrogen-bond acceptors (Lipinski definition) is 4. The summed E-state index contributed by atoms with van der Waals surface area (Å²) in [5.74, 6) is -0.715. The molecule has 0 saturated carbocycles. The van der Waals surface area contributed by atoms with Gasteiger partial charge in [-0.05, 0) is 18.2 Å². The number of anilines is 2. The van der Waals surface area contributed by atoms with Crippen LogP contribution < -0.4 is 10.6 Å². The second-order valence-electron chi connectivity index (χ2n) is 4.83. The molecule has 0 unspecified atom stereocenters. The van der Waals surface area contributed by atoms with Crippen LogP contribution in [0.1, 0.15) is 6.42 Å². The standard InChI is InChI=1S/C13H11Cl2N5O2/c14-8-1-2-9(15)10(4-8)18-11(21)3-7-5-20-13(16-6-17-20)19-12(7)22/h1-2,4,6-7H,3,5H2,(H,18,21)(H,16,17,19,22)/t7-/m0/s1. The molecule has 2 aromatic rings. The van der Waals surface area contributed by atoms with Gasteiger partial charge >= 0.3 is 0 Å². The maximum atomic E-state index is 12.1. The van der Waals surface area contributed by atoms with Crippen LogP contribution >= 0.6 is 23.2 Å². The smallest absolute Gasteiger partial charge is 0.232 e. The molecule has 2 amide bonds. The number of aromatic nitrogens is 3. The van der Waals surface area contributed by atoms with Gasteiger partial charge in [0.15, 0.2) is 0 Å². The zero-order chi connectivity index (χ0) is 15.7. The van der Waals surface area contributed by atoms with Gasteiger partial charge in [-0.1, -0.05) is 23.2 Å².